The lowest BCUT2D eigenvalue weighted by Crippen LogP contribution is -2.36. The van der Waals surface area contributed by atoms with Gasteiger partial charge in [-0.3, -0.25) is 0 Å². The highest BCUT2D eigenvalue weighted by atomic mass is 15.1. The smallest absolute Gasteiger partial charge is 0.0958 e. The van der Waals surface area contributed by atoms with Crippen molar-refractivity contribution in [2.75, 3.05) is 6.54 Å². The van der Waals surface area contributed by atoms with Gasteiger partial charge in [0.15, 0.2) is 0 Å². The summed E-state index contributed by atoms with van der Waals surface area (Å²) in [7, 11) is 0. The van der Waals surface area contributed by atoms with Gasteiger partial charge in [0.1, 0.15) is 0 Å². The Labute approximate surface area is 115 Å². The summed E-state index contributed by atoms with van der Waals surface area (Å²) in [6.07, 6.45) is 7.56. The number of hydrogen-bond acceptors (Lipinski definition) is 2. The quantitative estimate of drug-likeness (QED) is 0.861. The summed E-state index contributed by atoms with van der Waals surface area (Å²) in [5, 5.41) is 3.64. The van der Waals surface area contributed by atoms with Gasteiger partial charge in [-0.05, 0) is 31.0 Å². The lowest BCUT2D eigenvalue weighted by molar-refractivity contribution is 0.251. The Balaban J connectivity index is 1.72. The lowest BCUT2D eigenvalue weighted by atomic mass is 9.81. The summed E-state index contributed by atoms with van der Waals surface area (Å²) in [6.45, 7) is 4.27. The van der Waals surface area contributed by atoms with E-state index in [1.165, 1.54) is 31.2 Å². The second-order valence-electron chi connectivity index (χ2n) is 5.67. The number of aromatic nitrogens is 2. The first-order valence-electron chi connectivity index (χ1n) is 7.50. The molecule has 2 aromatic rings. The summed E-state index contributed by atoms with van der Waals surface area (Å²) in [5.74, 6) is 0.943. The number of hydrogen-bond donors (Lipinski definition) is 1. The fourth-order valence-corrected chi connectivity index (χ4v) is 3.04. The van der Waals surface area contributed by atoms with Crippen LogP contribution in [0.5, 0.6) is 0 Å². The van der Waals surface area contributed by atoms with Crippen molar-refractivity contribution < 1.29 is 0 Å². The van der Waals surface area contributed by atoms with Gasteiger partial charge in [-0.2, -0.15) is 0 Å². The van der Waals surface area contributed by atoms with E-state index in [4.69, 9.17) is 0 Å². The van der Waals surface area contributed by atoms with Crippen LogP contribution in [0.25, 0.3) is 11.0 Å². The molecule has 1 aliphatic carbocycles. The minimum atomic E-state index is 0.577. The van der Waals surface area contributed by atoms with Gasteiger partial charge < -0.3 is 9.88 Å². The van der Waals surface area contributed by atoms with E-state index in [0.717, 1.165) is 24.5 Å². The van der Waals surface area contributed by atoms with E-state index in [-0.39, 0.29) is 0 Å². The molecule has 0 saturated heterocycles. The zero-order valence-electron chi connectivity index (χ0n) is 11.7. The van der Waals surface area contributed by atoms with E-state index >= 15 is 0 Å². The van der Waals surface area contributed by atoms with Gasteiger partial charge in [-0.25, -0.2) is 4.98 Å². The Morgan fingerprint density at radius 1 is 1.37 bits per heavy atom. The molecule has 0 bridgehead atoms. The first-order chi connectivity index (χ1) is 9.36. The number of para-hydroxylation sites is 2. The highest BCUT2D eigenvalue weighted by Crippen LogP contribution is 2.30. The molecule has 1 N–H and O–H groups in total. The maximum absolute atomic E-state index is 4.48. The van der Waals surface area contributed by atoms with Gasteiger partial charge in [0.05, 0.1) is 17.4 Å². The summed E-state index contributed by atoms with van der Waals surface area (Å²) in [6, 6.07) is 8.96. The second-order valence-corrected chi connectivity index (χ2v) is 5.67. The molecule has 1 aromatic heterocycles. The van der Waals surface area contributed by atoms with Crippen molar-refractivity contribution in [3.05, 3.63) is 30.6 Å². The van der Waals surface area contributed by atoms with Crippen LogP contribution in [0, 0.1) is 5.92 Å². The molecule has 1 saturated carbocycles. The topological polar surface area (TPSA) is 29.9 Å². The van der Waals surface area contributed by atoms with Gasteiger partial charge >= 0.3 is 0 Å². The molecular weight excluding hydrogens is 234 g/mol. The molecule has 102 valence electrons. The van der Waals surface area contributed by atoms with Crippen molar-refractivity contribution in [1.29, 1.82) is 0 Å². The third-order valence-electron chi connectivity index (χ3n) is 4.28. The second kappa shape index (κ2) is 5.74. The largest absolute Gasteiger partial charge is 0.329 e. The molecule has 1 heterocycles. The van der Waals surface area contributed by atoms with E-state index in [1.54, 1.807) is 0 Å². The van der Waals surface area contributed by atoms with Crippen LogP contribution in [-0.4, -0.2) is 22.1 Å². The highest BCUT2D eigenvalue weighted by molar-refractivity contribution is 5.74. The van der Waals surface area contributed by atoms with Gasteiger partial charge in [0.2, 0.25) is 0 Å². The summed E-state index contributed by atoms with van der Waals surface area (Å²) >= 11 is 0. The highest BCUT2D eigenvalue weighted by Gasteiger charge is 2.22. The number of benzene rings is 1. The van der Waals surface area contributed by atoms with Crippen molar-refractivity contribution in [2.45, 2.75) is 45.2 Å². The molecule has 0 radical (unpaired) electrons. The predicted octanol–water partition coefficient (Wildman–Crippen LogP) is 3.20. The van der Waals surface area contributed by atoms with Crippen LogP contribution in [0.4, 0.5) is 0 Å². The molecule has 1 unspecified atom stereocenters. The van der Waals surface area contributed by atoms with Crippen LogP contribution in [-0.2, 0) is 6.54 Å². The first kappa shape index (κ1) is 12.7. The number of nitrogens with one attached hydrogen (secondary N) is 1. The zero-order chi connectivity index (χ0) is 13.1. The van der Waals surface area contributed by atoms with Crippen molar-refractivity contribution in [2.24, 2.45) is 5.92 Å². The summed E-state index contributed by atoms with van der Waals surface area (Å²) < 4.78 is 2.29. The Morgan fingerprint density at radius 3 is 2.95 bits per heavy atom. The van der Waals surface area contributed by atoms with Crippen molar-refractivity contribution in [3.8, 4) is 0 Å². The molecule has 3 nitrogen and oxygen atoms in total. The maximum atomic E-state index is 4.48. The fraction of sp³-hybridized carbons (Fsp3) is 0.562. The third-order valence-corrected chi connectivity index (χ3v) is 4.28. The van der Waals surface area contributed by atoms with E-state index in [1.807, 2.05) is 6.33 Å². The van der Waals surface area contributed by atoms with Gasteiger partial charge in [-0.1, -0.05) is 38.3 Å². The average molecular weight is 257 g/mol. The maximum Gasteiger partial charge on any atom is 0.0958 e. The summed E-state index contributed by atoms with van der Waals surface area (Å²) in [4.78, 5) is 4.48. The van der Waals surface area contributed by atoms with Crippen LogP contribution in [0.1, 0.15) is 32.6 Å². The molecule has 19 heavy (non-hydrogen) atoms. The molecule has 3 heteroatoms. The van der Waals surface area contributed by atoms with Crippen LogP contribution >= 0.6 is 0 Å². The minimum Gasteiger partial charge on any atom is -0.329 e. The molecule has 3 rings (SSSR count). The number of rotatable bonds is 6. The molecule has 1 aliphatic rings. The van der Waals surface area contributed by atoms with E-state index < -0.39 is 0 Å². The normalized spacial score (nSPS) is 17.5. The number of nitrogens with zero attached hydrogens (tertiary/aromatic N) is 2. The average Bonchev–Trinajstić information content (AvgIpc) is 2.78. The van der Waals surface area contributed by atoms with Crippen LogP contribution in [0.2, 0.25) is 0 Å². The van der Waals surface area contributed by atoms with E-state index in [2.05, 4.69) is 46.1 Å². The SMILES string of the molecule is CCNC(CC1CCC1)Cn1cnc2ccccc21. The van der Waals surface area contributed by atoms with Gasteiger partial charge in [-0.15, -0.1) is 0 Å². The zero-order valence-corrected chi connectivity index (χ0v) is 11.7. The Morgan fingerprint density at radius 2 is 2.21 bits per heavy atom. The molecule has 0 amide bonds. The predicted molar refractivity (Wildman–Crippen MR) is 79.2 cm³/mol. The number of likely N-dealkylation sites (N-methyl/N-ethyl adjacent to an activating group) is 1. The van der Waals surface area contributed by atoms with Gasteiger partial charge in [0.25, 0.3) is 0 Å². The van der Waals surface area contributed by atoms with Gasteiger partial charge in [0, 0.05) is 12.6 Å². The molecule has 0 aliphatic heterocycles. The third kappa shape index (κ3) is 2.81. The monoisotopic (exact) mass is 257 g/mol. The number of fused-ring (bicyclic) bond motifs is 1. The van der Waals surface area contributed by atoms with E-state index in [0.29, 0.717) is 6.04 Å². The Hall–Kier alpha value is -1.35. The Kier molecular flexibility index (Phi) is 3.83. The van der Waals surface area contributed by atoms with Crippen LogP contribution in [0.3, 0.4) is 0 Å². The standard InChI is InChI=1S/C16H23N3/c1-2-17-14(10-13-6-5-7-13)11-19-12-18-15-8-3-4-9-16(15)19/h3-4,8-9,12-14,17H,2,5-7,10-11H2,1H3. The van der Waals surface area contributed by atoms with E-state index in [9.17, 15) is 0 Å². The molecule has 1 atom stereocenters. The number of imidazole rings is 1. The molecule has 1 fully saturated rings. The molecule has 0 spiro atoms. The van der Waals surface area contributed by atoms with Crippen LogP contribution in [0.15, 0.2) is 30.6 Å². The Bertz CT molecular complexity index is 528. The summed E-state index contributed by atoms with van der Waals surface area (Å²) in [5.41, 5.74) is 2.35. The first-order valence-corrected chi connectivity index (χ1v) is 7.50. The van der Waals surface area contributed by atoms with Crippen molar-refractivity contribution in [3.63, 3.8) is 0 Å². The molecular formula is C16H23N3. The van der Waals surface area contributed by atoms with Crippen LogP contribution < -0.4 is 5.32 Å². The van der Waals surface area contributed by atoms with Crippen molar-refractivity contribution in [1.82, 2.24) is 14.9 Å². The minimum absolute atomic E-state index is 0.577. The fourth-order valence-electron chi connectivity index (χ4n) is 3.04. The van der Waals surface area contributed by atoms with Crippen molar-refractivity contribution >= 4 is 11.0 Å². The molecule has 1 aromatic carbocycles. The lowest BCUT2D eigenvalue weighted by Gasteiger charge is -2.30.